The SMILES string of the molecule is Cn1ncc(Nc2cc(Cl)cc(Cl)c2)n1. The number of halogens is 2. The second-order valence-corrected chi connectivity index (χ2v) is 3.88. The lowest BCUT2D eigenvalue weighted by Gasteiger charge is -2.03. The average molecular weight is 243 g/mol. The molecule has 2 aromatic rings. The first-order valence-corrected chi connectivity index (χ1v) is 4.98. The van der Waals surface area contributed by atoms with Gasteiger partial charge in [-0.25, -0.2) is 0 Å². The van der Waals surface area contributed by atoms with E-state index in [1.807, 2.05) is 0 Å². The van der Waals surface area contributed by atoms with Crippen molar-refractivity contribution in [3.63, 3.8) is 0 Å². The van der Waals surface area contributed by atoms with E-state index in [0.29, 0.717) is 15.9 Å². The van der Waals surface area contributed by atoms with Gasteiger partial charge in [-0.3, -0.25) is 0 Å². The Morgan fingerprint density at radius 1 is 1.20 bits per heavy atom. The van der Waals surface area contributed by atoms with E-state index in [1.165, 1.54) is 4.80 Å². The van der Waals surface area contributed by atoms with Crippen molar-refractivity contribution in [3.8, 4) is 0 Å². The van der Waals surface area contributed by atoms with Crippen LogP contribution in [0, 0.1) is 0 Å². The average Bonchev–Trinajstić information content (AvgIpc) is 2.49. The normalized spacial score (nSPS) is 10.3. The molecule has 0 fully saturated rings. The molecule has 1 aromatic heterocycles. The van der Waals surface area contributed by atoms with E-state index in [4.69, 9.17) is 23.2 Å². The molecule has 1 heterocycles. The highest BCUT2D eigenvalue weighted by Crippen LogP contribution is 2.24. The molecule has 0 spiro atoms. The van der Waals surface area contributed by atoms with Gasteiger partial charge in [0.1, 0.15) is 0 Å². The fourth-order valence-electron chi connectivity index (χ4n) is 1.18. The van der Waals surface area contributed by atoms with Gasteiger partial charge in [0, 0.05) is 22.8 Å². The maximum Gasteiger partial charge on any atom is 0.172 e. The molecule has 2 rings (SSSR count). The van der Waals surface area contributed by atoms with Crippen LogP contribution in [0.3, 0.4) is 0 Å². The van der Waals surface area contributed by atoms with Crippen LogP contribution in [0.25, 0.3) is 0 Å². The third-order valence-corrected chi connectivity index (χ3v) is 2.17. The molecular weight excluding hydrogens is 235 g/mol. The molecule has 4 nitrogen and oxygen atoms in total. The van der Waals surface area contributed by atoms with Crippen LogP contribution in [-0.2, 0) is 7.05 Å². The first kappa shape index (κ1) is 10.3. The number of hydrogen-bond acceptors (Lipinski definition) is 3. The number of rotatable bonds is 2. The molecule has 1 N–H and O–H groups in total. The zero-order chi connectivity index (χ0) is 10.8. The summed E-state index contributed by atoms with van der Waals surface area (Å²) in [6.45, 7) is 0. The smallest absolute Gasteiger partial charge is 0.172 e. The molecule has 0 aliphatic rings. The van der Waals surface area contributed by atoms with E-state index in [0.717, 1.165) is 5.69 Å². The Morgan fingerprint density at radius 2 is 1.87 bits per heavy atom. The van der Waals surface area contributed by atoms with Gasteiger partial charge in [0.25, 0.3) is 0 Å². The van der Waals surface area contributed by atoms with Crippen LogP contribution in [0.5, 0.6) is 0 Å². The van der Waals surface area contributed by atoms with Gasteiger partial charge in [-0.1, -0.05) is 23.2 Å². The molecule has 0 atom stereocenters. The summed E-state index contributed by atoms with van der Waals surface area (Å²) in [7, 11) is 1.75. The van der Waals surface area contributed by atoms with Gasteiger partial charge in [-0.2, -0.15) is 9.90 Å². The Hall–Kier alpha value is -1.26. The van der Waals surface area contributed by atoms with Crippen LogP contribution >= 0.6 is 23.2 Å². The molecule has 0 radical (unpaired) electrons. The fourth-order valence-corrected chi connectivity index (χ4v) is 1.70. The van der Waals surface area contributed by atoms with Crippen LogP contribution in [0.15, 0.2) is 24.4 Å². The second kappa shape index (κ2) is 4.08. The second-order valence-electron chi connectivity index (χ2n) is 3.00. The summed E-state index contributed by atoms with van der Waals surface area (Å²) in [4.78, 5) is 1.47. The van der Waals surface area contributed by atoms with Crippen molar-refractivity contribution in [1.82, 2.24) is 15.0 Å². The summed E-state index contributed by atoms with van der Waals surface area (Å²) in [6.07, 6.45) is 1.62. The molecule has 0 saturated heterocycles. The fraction of sp³-hybridized carbons (Fsp3) is 0.111. The van der Waals surface area contributed by atoms with Crippen molar-refractivity contribution >= 4 is 34.7 Å². The minimum atomic E-state index is 0.578. The van der Waals surface area contributed by atoms with Crippen molar-refractivity contribution in [2.75, 3.05) is 5.32 Å². The largest absolute Gasteiger partial charge is 0.337 e. The van der Waals surface area contributed by atoms with E-state index in [1.54, 1.807) is 31.4 Å². The van der Waals surface area contributed by atoms with Crippen LogP contribution in [0.4, 0.5) is 11.5 Å². The Balaban J connectivity index is 2.24. The molecule has 15 heavy (non-hydrogen) atoms. The summed E-state index contributed by atoms with van der Waals surface area (Å²) < 4.78 is 0. The molecule has 0 bridgehead atoms. The zero-order valence-electron chi connectivity index (χ0n) is 7.91. The molecule has 0 unspecified atom stereocenters. The minimum absolute atomic E-state index is 0.578. The van der Waals surface area contributed by atoms with E-state index in [-0.39, 0.29) is 0 Å². The molecule has 0 aliphatic heterocycles. The molecule has 0 aliphatic carbocycles. The Kier molecular flexibility index (Phi) is 2.79. The Labute approximate surface area is 96.8 Å². The molecular formula is C9H8Cl2N4. The number of anilines is 2. The number of benzene rings is 1. The quantitative estimate of drug-likeness (QED) is 0.881. The summed E-state index contributed by atoms with van der Waals surface area (Å²) in [5.41, 5.74) is 0.785. The minimum Gasteiger partial charge on any atom is -0.337 e. The lowest BCUT2D eigenvalue weighted by Crippen LogP contribution is -1.94. The zero-order valence-corrected chi connectivity index (χ0v) is 9.42. The first-order valence-electron chi connectivity index (χ1n) is 4.23. The summed E-state index contributed by atoms with van der Waals surface area (Å²) in [6, 6.07) is 5.20. The van der Waals surface area contributed by atoms with E-state index >= 15 is 0 Å². The first-order chi connectivity index (χ1) is 7.13. The third-order valence-electron chi connectivity index (χ3n) is 1.73. The number of aryl methyl sites for hydroxylation is 1. The van der Waals surface area contributed by atoms with Crippen LogP contribution in [0.1, 0.15) is 0 Å². The van der Waals surface area contributed by atoms with Crippen molar-refractivity contribution in [3.05, 3.63) is 34.4 Å². The van der Waals surface area contributed by atoms with Crippen molar-refractivity contribution in [2.24, 2.45) is 7.05 Å². The van der Waals surface area contributed by atoms with Gasteiger partial charge in [0.15, 0.2) is 5.82 Å². The van der Waals surface area contributed by atoms with Crippen molar-refractivity contribution in [1.29, 1.82) is 0 Å². The topological polar surface area (TPSA) is 42.7 Å². The highest BCUT2D eigenvalue weighted by molar-refractivity contribution is 6.35. The van der Waals surface area contributed by atoms with Gasteiger partial charge in [0.2, 0.25) is 0 Å². The predicted octanol–water partition coefficient (Wildman–Crippen LogP) is 2.87. The van der Waals surface area contributed by atoms with Crippen LogP contribution < -0.4 is 5.32 Å². The lowest BCUT2D eigenvalue weighted by molar-refractivity contribution is 0.656. The van der Waals surface area contributed by atoms with Gasteiger partial charge < -0.3 is 5.32 Å². The molecule has 1 aromatic carbocycles. The van der Waals surface area contributed by atoms with Crippen LogP contribution in [-0.4, -0.2) is 15.0 Å². The van der Waals surface area contributed by atoms with E-state index in [2.05, 4.69) is 15.5 Å². The molecule has 6 heteroatoms. The van der Waals surface area contributed by atoms with Gasteiger partial charge >= 0.3 is 0 Å². The van der Waals surface area contributed by atoms with Gasteiger partial charge in [-0.05, 0) is 18.2 Å². The number of hydrogen-bond donors (Lipinski definition) is 1. The monoisotopic (exact) mass is 242 g/mol. The van der Waals surface area contributed by atoms with Crippen LogP contribution in [0.2, 0.25) is 10.0 Å². The third kappa shape index (κ3) is 2.61. The summed E-state index contributed by atoms with van der Waals surface area (Å²) >= 11 is 11.7. The van der Waals surface area contributed by atoms with Gasteiger partial charge in [0.05, 0.1) is 6.20 Å². The summed E-state index contributed by atoms with van der Waals surface area (Å²) in [5, 5.41) is 12.2. The highest BCUT2D eigenvalue weighted by atomic mass is 35.5. The van der Waals surface area contributed by atoms with E-state index in [9.17, 15) is 0 Å². The molecule has 0 amide bonds. The molecule has 0 saturated carbocycles. The number of nitrogens with zero attached hydrogens (tertiary/aromatic N) is 3. The maximum absolute atomic E-state index is 5.86. The van der Waals surface area contributed by atoms with Crippen molar-refractivity contribution < 1.29 is 0 Å². The molecule has 78 valence electrons. The predicted molar refractivity (Wildman–Crippen MR) is 60.7 cm³/mol. The van der Waals surface area contributed by atoms with Crippen molar-refractivity contribution in [2.45, 2.75) is 0 Å². The highest BCUT2D eigenvalue weighted by Gasteiger charge is 2.01. The van der Waals surface area contributed by atoms with E-state index < -0.39 is 0 Å². The standard InChI is InChI=1S/C9H8Cl2N4/c1-15-12-5-9(14-15)13-8-3-6(10)2-7(11)4-8/h2-5H,1H3,(H,13,14). The number of aromatic nitrogens is 3. The lowest BCUT2D eigenvalue weighted by atomic mass is 10.3. The Morgan fingerprint density at radius 3 is 2.40 bits per heavy atom. The number of nitrogens with one attached hydrogen (secondary N) is 1. The Bertz CT molecular complexity index is 460. The summed E-state index contributed by atoms with van der Waals surface area (Å²) in [5.74, 6) is 0.649. The maximum atomic E-state index is 5.86. The van der Waals surface area contributed by atoms with Gasteiger partial charge in [-0.15, -0.1) is 5.10 Å².